The van der Waals surface area contributed by atoms with Gasteiger partial charge in [-0.15, -0.1) is 0 Å². The molecule has 0 saturated heterocycles. The average molecular weight is 398 g/mol. The Kier molecular flexibility index (Phi) is 2.62. The molecule has 2 spiro atoms. The van der Waals surface area contributed by atoms with Gasteiger partial charge in [0.25, 0.3) is 0 Å². The summed E-state index contributed by atoms with van der Waals surface area (Å²) in [6.07, 6.45) is 4.62. The number of rotatable bonds is 2. The van der Waals surface area contributed by atoms with Gasteiger partial charge in [-0.25, -0.2) is 0 Å². The van der Waals surface area contributed by atoms with E-state index in [1.54, 1.807) is 0 Å². The lowest BCUT2D eigenvalue weighted by Gasteiger charge is -2.53. The summed E-state index contributed by atoms with van der Waals surface area (Å²) >= 11 is 0. The molecule has 8 bridgehead atoms. The van der Waals surface area contributed by atoms with Crippen LogP contribution in [0.5, 0.6) is 0 Å². The number of Topliss-reactive ketones (excluding diaryl/α,β-unsaturated/α-hetero) is 2. The Hall–Kier alpha value is -1.72. The second-order valence-corrected chi connectivity index (χ2v) is 11.1. The lowest BCUT2D eigenvalue weighted by Crippen LogP contribution is -2.59. The third-order valence-corrected chi connectivity index (χ3v) is 11.4. The third kappa shape index (κ3) is 1.27. The van der Waals surface area contributed by atoms with E-state index in [1.165, 1.54) is 14.2 Å². The molecule has 0 radical (unpaired) electrons. The summed E-state index contributed by atoms with van der Waals surface area (Å²) in [5.41, 5.74) is -2.52. The van der Waals surface area contributed by atoms with Crippen LogP contribution in [0.2, 0.25) is 0 Å². The van der Waals surface area contributed by atoms with Gasteiger partial charge in [-0.3, -0.25) is 19.2 Å². The minimum Gasteiger partial charge on any atom is -0.469 e. The molecule has 0 heterocycles. The normalized spacial score (nSPS) is 59.4. The molecule has 8 fully saturated rings. The molecule has 6 heteroatoms. The summed E-state index contributed by atoms with van der Waals surface area (Å²) < 4.78 is 10.8. The number of hydrogen-bond acceptors (Lipinski definition) is 6. The summed E-state index contributed by atoms with van der Waals surface area (Å²) in [6.45, 7) is 0. The molecule has 6 nitrogen and oxygen atoms in total. The van der Waals surface area contributed by atoms with Crippen LogP contribution in [0.1, 0.15) is 44.9 Å². The quantitative estimate of drug-likeness (QED) is 0.661. The van der Waals surface area contributed by atoms with Crippen LogP contribution in [0, 0.1) is 57.2 Å². The summed E-state index contributed by atoms with van der Waals surface area (Å²) in [7, 11) is 2.85. The second kappa shape index (κ2) is 4.47. The van der Waals surface area contributed by atoms with Crippen molar-refractivity contribution in [1.82, 2.24) is 0 Å². The van der Waals surface area contributed by atoms with Crippen LogP contribution in [0.25, 0.3) is 0 Å². The van der Waals surface area contributed by atoms with E-state index in [1.807, 2.05) is 0 Å². The lowest BCUT2D eigenvalue weighted by molar-refractivity contribution is -0.185. The van der Waals surface area contributed by atoms with Crippen molar-refractivity contribution in [2.24, 2.45) is 57.2 Å². The first-order valence-corrected chi connectivity index (χ1v) is 11.1. The number of esters is 2. The molecule has 8 aliphatic carbocycles. The molecule has 0 aromatic carbocycles. The number of ether oxygens (including phenoxy) is 2. The molecular formula is C23H26O6. The van der Waals surface area contributed by atoms with Crippen LogP contribution in [-0.2, 0) is 28.7 Å². The van der Waals surface area contributed by atoms with E-state index in [2.05, 4.69) is 0 Å². The van der Waals surface area contributed by atoms with Crippen LogP contribution in [-0.4, -0.2) is 37.7 Å². The zero-order chi connectivity index (χ0) is 20.1. The number of ketones is 2. The van der Waals surface area contributed by atoms with Crippen LogP contribution >= 0.6 is 0 Å². The van der Waals surface area contributed by atoms with Crippen LogP contribution in [0.3, 0.4) is 0 Å². The summed E-state index contributed by atoms with van der Waals surface area (Å²) in [5, 5.41) is 0. The minimum absolute atomic E-state index is 0.0148. The molecule has 0 aromatic heterocycles. The molecule has 8 aliphatic rings. The van der Waals surface area contributed by atoms with Gasteiger partial charge in [-0.2, -0.15) is 0 Å². The van der Waals surface area contributed by atoms with E-state index in [9.17, 15) is 19.2 Å². The van der Waals surface area contributed by atoms with Gasteiger partial charge in [-0.1, -0.05) is 0 Å². The molecule has 8 saturated carbocycles. The van der Waals surface area contributed by atoms with Gasteiger partial charge in [0.15, 0.2) is 0 Å². The maximum atomic E-state index is 13.5. The Morgan fingerprint density at radius 3 is 1.48 bits per heavy atom. The summed E-state index contributed by atoms with van der Waals surface area (Å²) in [4.78, 5) is 52.9. The van der Waals surface area contributed by atoms with Gasteiger partial charge < -0.3 is 9.47 Å². The highest BCUT2D eigenvalue weighted by Gasteiger charge is 2.94. The summed E-state index contributed by atoms with van der Waals surface area (Å²) in [6, 6.07) is 0. The van der Waals surface area contributed by atoms with E-state index in [-0.39, 0.29) is 59.0 Å². The monoisotopic (exact) mass is 398 g/mol. The fraction of sp³-hybridized carbons (Fsp3) is 0.826. The standard InChI is InChI=1S/C23H26O6/c1-28-18(26)22-9-23(19(27)29-2)11-8-20(5-3-12(20)24)16(22)15(11)14-10(22)7-21(17(14)23)6-4-13(21)25/h10-11,14-17H,3-9H2,1-2H3. The first kappa shape index (κ1) is 17.0. The highest BCUT2D eigenvalue weighted by molar-refractivity contribution is 5.97. The Labute approximate surface area is 169 Å². The molecule has 0 N–H and O–H groups in total. The maximum absolute atomic E-state index is 13.5. The van der Waals surface area contributed by atoms with Crippen molar-refractivity contribution in [2.45, 2.75) is 44.9 Å². The molecule has 0 aliphatic heterocycles. The van der Waals surface area contributed by atoms with Crippen LogP contribution in [0.4, 0.5) is 0 Å². The molecule has 10 unspecified atom stereocenters. The van der Waals surface area contributed by atoms with Gasteiger partial charge >= 0.3 is 11.9 Å². The number of methoxy groups -OCH3 is 2. The van der Waals surface area contributed by atoms with Crippen molar-refractivity contribution >= 4 is 23.5 Å². The van der Waals surface area contributed by atoms with Gasteiger partial charge in [-0.05, 0) is 67.6 Å². The SMILES string of the molecule is COC(=O)C12CC3(C(=O)OC)C4CC5(CCC5=O)C1C4C1C2CC2(CCC2=O)C13. The van der Waals surface area contributed by atoms with Crippen molar-refractivity contribution in [3.05, 3.63) is 0 Å². The molecular weight excluding hydrogens is 372 g/mol. The molecule has 8 rings (SSSR count). The van der Waals surface area contributed by atoms with E-state index in [0.717, 1.165) is 12.8 Å². The molecule has 0 amide bonds. The zero-order valence-electron chi connectivity index (χ0n) is 16.9. The number of carbonyl (C=O) groups excluding carboxylic acids is 4. The second-order valence-electron chi connectivity index (χ2n) is 11.1. The van der Waals surface area contributed by atoms with Gasteiger partial charge in [0, 0.05) is 23.7 Å². The van der Waals surface area contributed by atoms with E-state index >= 15 is 0 Å². The predicted molar refractivity (Wildman–Crippen MR) is 97.0 cm³/mol. The first-order chi connectivity index (χ1) is 13.8. The smallest absolute Gasteiger partial charge is 0.312 e. The predicted octanol–water partition coefficient (Wildman–Crippen LogP) is 1.94. The lowest BCUT2D eigenvalue weighted by atomic mass is 9.48. The van der Waals surface area contributed by atoms with E-state index in [0.29, 0.717) is 32.1 Å². The van der Waals surface area contributed by atoms with Gasteiger partial charge in [0.05, 0.1) is 25.0 Å². The molecule has 29 heavy (non-hydrogen) atoms. The molecule has 0 aromatic rings. The molecule has 10 atom stereocenters. The van der Waals surface area contributed by atoms with E-state index < -0.39 is 21.7 Å². The maximum Gasteiger partial charge on any atom is 0.312 e. The highest BCUT2D eigenvalue weighted by atomic mass is 16.5. The van der Waals surface area contributed by atoms with Crippen molar-refractivity contribution in [3.63, 3.8) is 0 Å². The minimum atomic E-state index is -0.808. The van der Waals surface area contributed by atoms with Crippen molar-refractivity contribution < 1.29 is 28.7 Å². The zero-order valence-corrected chi connectivity index (χ0v) is 16.9. The Balaban J connectivity index is 1.52. The van der Waals surface area contributed by atoms with Crippen molar-refractivity contribution in [2.75, 3.05) is 14.2 Å². The number of carbonyl (C=O) groups is 4. The number of hydrogen-bond donors (Lipinski definition) is 0. The van der Waals surface area contributed by atoms with E-state index in [4.69, 9.17) is 9.47 Å². The third-order valence-electron chi connectivity index (χ3n) is 11.4. The fourth-order valence-corrected chi connectivity index (χ4v) is 10.9. The fourth-order valence-electron chi connectivity index (χ4n) is 10.9. The first-order valence-electron chi connectivity index (χ1n) is 11.1. The summed E-state index contributed by atoms with van der Waals surface area (Å²) in [5.74, 6) is 0.486. The Bertz CT molecular complexity index is 866. The van der Waals surface area contributed by atoms with Crippen LogP contribution < -0.4 is 0 Å². The van der Waals surface area contributed by atoms with Crippen LogP contribution in [0.15, 0.2) is 0 Å². The van der Waals surface area contributed by atoms with Gasteiger partial charge in [0.1, 0.15) is 11.6 Å². The average Bonchev–Trinajstić information content (AvgIpc) is 3.35. The van der Waals surface area contributed by atoms with Crippen molar-refractivity contribution in [3.8, 4) is 0 Å². The largest absolute Gasteiger partial charge is 0.469 e. The van der Waals surface area contributed by atoms with Crippen molar-refractivity contribution in [1.29, 1.82) is 0 Å². The Morgan fingerprint density at radius 1 is 0.793 bits per heavy atom. The van der Waals surface area contributed by atoms with Gasteiger partial charge in [0.2, 0.25) is 0 Å². The topological polar surface area (TPSA) is 86.7 Å². The molecule has 154 valence electrons. The highest BCUT2D eigenvalue weighted by Crippen LogP contribution is 2.92. The Morgan fingerprint density at radius 2 is 1.21 bits per heavy atom.